The SMILES string of the molecule is CNC(c1cc(Cl)ccc1I)c1ccccc1C1CCC1. The van der Waals surface area contributed by atoms with Crippen molar-refractivity contribution < 1.29 is 0 Å². The molecule has 0 aliphatic heterocycles. The Hall–Kier alpha value is -0.580. The summed E-state index contributed by atoms with van der Waals surface area (Å²) in [4.78, 5) is 0. The summed E-state index contributed by atoms with van der Waals surface area (Å²) in [6.45, 7) is 0. The molecular weight excluding hydrogens is 393 g/mol. The van der Waals surface area contributed by atoms with E-state index in [2.05, 4.69) is 64.3 Å². The molecule has 1 saturated carbocycles. The van der Waals surface area contributed by atoms with E-state index in [-0.39, 0.29) is 6.04 Å². The first-order valence-corrected chi connectivity index (χ1v) is 8.87. The first kappa shape index (κ1) is 15.3. The fourth-order valence-electron chi connectivity index (χ4n) is 3.08. The second-order valence-electron chi connectivity index (χ2n) is 5.64. The average Bonchev–Trinajstić information content (AvgIpc) is 2.43. The van der Waals surface area contributed by atoms with Crippen molar-refractivity contribution in [3.05, 3.63) is 67.7 Å². The van der Waals surface area contributed by atoms with Crippen molar-refractivity contribution in [1.82, 2.24) is 5.32 Å². The van der Waals surface area contributed by atoms with Crippen LogP contribution in [-0.4, -0.2) is 7.05 Å². The number of benzene rings is 2. The van der Waals surface area contributed by atoms with Gasteiger partial charge in [-0.15, -0.1) is 0 Å². The van der Waals surface area contributed by atoms with E-state index >= 15 is 0 Å². The Bertz CT molecular complexity index is 637. The summed E-state index contributed by atoms with van der Waals surface area (Å²) < 4.78 is 1.25. The van der Waals surface area contributed by atoms with Gasteiger partial charge < -0.3 is 5.32 Å². The number of rotatable bonds is 4. The Kier molecular flexibility index (Phi) is 4.87. The van der Waals surface area contributed by atoms with Gasteiger partial charge in [0.1, 0.15) is 0 Å². The lowest BCUT2D eigenvalue weighted by atomic mass is 9.76. The van der Waals surface area contributed by atoms with Gasteiger partial charge in [-0.25, -0.2) is 0 Å². The van der Waals surface area contributed by atoms with Crippen molar-refractivity contribution in [2.24, 2.45) is 0 Å². The highest BCUT2D eigenvalue weighted by Crippen LogP contribution is 2.41. The minimum atomic E-state index is 0.201. The van der Waals surface area contributed by atoms with E-state index < -0.39 is 0 Å². The largest absolute Gasteiger partial charge is 0.309 e. The molecule has 21 heavy (non-hydrogen) atoms. The molecule has 0 heterocycles. The molecule has 1 aliphatic rings. The lowest BCUT2D eigenvalue weighted by Gasteiger charge is -2.31. The van der Waals surface area contributed by atoms with Crippen molar-refractivity contribution in [2.75, 3.05) is 7.05 Å². The number of halogens is 2. The quantitative estimate of drug-likeness (QED) is 0.653. The van der Waals surface area contributed by atoms with E-state index in [1.807, 2.05) is 13.1 Å². The molecule has 2 aromatic rings. The first-order chi connectivity index (χ1) is 10.2. The van der Waals surface area contributed by atoms with Crippen LogP contribution in [0.4, 0.5) is 0 Å². The highest BCUT2D eigenvalue weighted by atomic mass is 127. The zero-order valence-electron chi connectivity index (χ0n) is 12.1. The normalized spacial score (nSPS) is 16.5. The van der Waals surface area contributed by atoms with Crippen LogP contribution in [0.2, 0.25) is 5.02 Å². The average molecular weight is 412 g/mol. The molecule has 0 amide bonds. The van der Waals surface area contributed by atoms with Gasteiger partial charge in [-0.05, 0) is 83.3 Å². The van der Waals surface area contributed by atoms with E-state index in [4.69, 9.17) is 11.6 Å². The van der Waals surface area contributed by atoms with Crippen LogP contribution >= 0.6 is 34.2 Å². The topological polar surface area (TPSA) is 12.0 Å². The first-order valence-electron chi connectivity index (χ1n) is 7.41. The molecule has 2 aromatic carbocycles. The second-order valence-corrected chi connectivity index (χ2v) is 7.24. The Balaban J connectivity index is 2.06. The van der Waals surface area contributed by atoms with Gasteiger partial charge in [0.15, 0.2) is 0 Å². The van der Waals surface area contributed by atoms with Crippen molar-refractivity contribution >= 4 is 34.2 Å². The van der Waals surface area contributed by atoms with Gasteiger partial charge in [-0.1, -0.05) is 42.3 Å². The molecule has 0 saturated heterocycles. The van der Waals surface area contributed by atoms with Gasteiger partial charge >= 0.3 is 0 Å². The van der Waals surface area contributed by atoms with Crippen LogP contribution in [0.3, 0.4) is 0 Å². The molecule has 0 bridgehead atoms. The smallest absolute Gasteiger partial charge is 0.0588 e. The zero-order valence-corrected chi connectivity index (χ0v) is 15.0. The summed E-state index contributed by atoms with van der Waals surface area (Å²) in [5, 5.41) is 4.28. The number of hydrogen-bond acceptors (Lipinski definition) is 1. The highest BCUT2D eigenvalue weighted by molar-refractivity contribution is 14.1. The van der Waals surface area contributed by atoms with Gasteiger partial charge in [-0.3, -0.25) is 0 Å². The minimum absolute atomic E-state index is 0.201. The van der Waals surface area contributed by atoms with Crippen LogP contribution in [0.25, 0.3) is 0 Å². The van der Waals surface area contributed by atoms with Gasteiger partial charge in [0, 0.05) is 8.59 Å². The molecule has 1 atom stereocenters. The molecule has 1 N–H and O–H groups in total. The Morgan fingerprint density at radius 1 is 1.14 bits per heavy atom. The number of nitrogens with one attached hydrogen (secondary N) is 1. The molecule has 1 fully saturated rings. The molecule has 110 valence electrons. The molecule has 0 radical (unpaired) electrons. The maximum atomic E-state index is 6.22. The molecule has 0 spiro atoms. The summed E-state index contributed by atoms with van der Waals surface area (Å²) in [6, 6.07) is 15.2. The standard InChI is InChI=1S/C18H19ClIN/c1-21-18(16-11-13(19)9-10-17(16)20)15-8-3-2-7-14(15)12-5-4-6-12/h2-3,7-12,18,21H,4-6H2,1H3. The third-order valence-corrected chi connectivity index (χ3v) is 5.63. The van der Waals surface area contributed by atoms with E-state index in [1.54, 1.807) is 0 Å². The minimum Gasteiger partial charge on any atom is -0.309 e. The summed E-state index contributed by atoms with van der Waals surface area (Å²) >= 11 is 8.61. The molecule has 1 unspecified atom stereocenters. The molecule has 1 nitrogen and oxygen atoms in total. The zero-order chi connectivity index (χ0) is 14.8. The highest BCUT2D eigenvalue weighted by Gasteiger charge is 2.25. The maximum Gasteiger partial charge on any atom is 0.0588 e. The molecular formula is C18H19ClIN. The Labute approximate surface area is 145 Å². The van der Waals surface area contributed by atoms with Crippen LogP contribution < -0.4 is 5.32 Å². The van der Waals surface area contributed by atoms with Crippen LogP contribution in [0.15, 0.2) is 42.5 Å². The van der Waals surface area contributed by atoms with Crippen molar-refractivity contribution in [1.29, 1.82) is 0 Å². The fourth-order valence-corrected chi connectivity index (χ4v) is 3.91. The molecule has 3 rings (SSSR count). The van der Waals surface area contributed by atoms with E-state index in [1.165, 1.54) is 39.5 Å². The third kappa shape index (κ3) is 3.13. The molecule has 0 aromatic heterocycles. The van der Waals surface area contributed by atoms with Crippen molar-refractivity contribution in [2.45, 2.75) is 31.2 Å². The van der Waals surface area contributed by atoms with Gasteiger partial charge in [0.25, 0.3) is 0 Å². The summed E-state index contributed by atoms with van der Waals surface area (Å²) in [7, 11) is 2.03. The van der Waals surface area contributed by atoms with Crippen LogP contribution in [0, 0.1) is 3.57 Å². The van der Waals surface area contributed by atoms with E-state index in [0.717, 1.165) is 10.9 Å². The van der Waals surface area contributed by atoms with Crippen LogP contribution in [-0.2, 0) is 0 Å². The predicted molar refractivity (Wildman–Crippen MR) is 98.1 cm³/mol. The molecule has 1 aliphatic carbocycles. The van der Waals surface area contributed by atoms with Gasteiger partial charge in [0.05, 0.1) is 6.04 Å². The Morgan fingerprint density at radius 3 is 2.57 bits per heavy atom. The van der Waals surface area contributed by atoms with Crippen LogP contribution in [0.1, 0.15) is 47.9 Å². The monoisotopic (exact) mass is 411 g/mol. The lowest BCUT2D eigenvalue weighted by Crippen LogP contribution is -2.22. The van der Waals surface area contributed by atoms with Gasteiger partial charge in [0.2, 0.25) is 0 Å². The molecule has 3 heteroatoms. The van der Waals surface area contributed by atoms with Gasteiger partial charge in [-0.2, -0.15) is 0 Å². The fraction of sp³-hybridized carbons (Fsp3) is 0.333. The van der Waals surface area contributed by atoms with Crippen molar-refractivity contribution in [3.8, 4) is 0 Å². The van der Waals surface area contributed by atoms with Crippen LogP contribution in [0.5, 0.6) is 0 Å². The second kappa shape index (κ2) is 6.67. The van der Waals surface area contributed by atoms with E-state index in [9.17, 15) is 0 Å². The maximum absolute atomic E-state index is 6.22. The van der Waals surface area contributed by atoms with E-state index in [0.29, 0.717) is 0 Å². The predicted octanol–water partition coefficient (Wildman–Crippen LogP) is 5.52. The summed E-state index contributed by atoms with van der Waals surface area (Å²) in [5.74, 6) is 0.730. The number of hydrogen-bond donors (Lipinski definition) is 1. The summed E-state index contributed by atoms with van der Waals surface area (Å²) in [6.07, 6.45) is 4.00. The lowest BCUT2D eigenvalue weighted by molar-refractivity contribution is 0.415. The van der Waals surface area contributed by atoms with Crippen molar-refractivity contribution in [3.63, 3.8) is 0 Å². The third-order valence-electron chi connectivity index (χ3n) is 4.41. The Morgan fingerprint density at radius 2 is 1.90 bits per heavy atom. The summed E-state index contributed by atoms with van der Waals surface area (Å²) in [5.41, 5.74) is 4.15.